The average molecular weight is 184 g/mol. The molecule has 0 amide bonds. The largest absolute Gasteiger partial charge is 0.508 e. The second-order valence-corrected chi connectivity index (χ2v) is 3.13. The molecule has 0 spiro atoms. The number of benzene rings is 1. The van der Waals surface area contributed by atoms with E-state index in [1.807, 2.05) is 6.92 Å². The summed E-state index contributed by atoms with van der Waals surface area (Å²) in [7, 11) is 0. The molecule has 0 aromatic heterocycles. The molecule has 3 heteroatoms. The number of aryl methyl sites for hydroxylation is 1. The number of halogens is 1. The zero-order valence-electron chi connectivity index (χ0n) is 7.00. The fourth-order valence-electron chi connectivity index (χ4n) is 0.887. The minimum atomic E-state index is 0.279. The van der Waals surface area contributed by atoms with Crippen LogP contribution in [0.25, 0.3) is 0 Å². The van der Waals surface area contributed by atoms with Gasteiger partial charge < -0.3 is 5.11 Å². The van der Waals surface area contributed by atoms with E-state index in [-0.39, 0.29) is 5.75 Å². The smallest absolute Gasteiger partial charge is 0.118 e. The molecular weight excluding hydrogens is 174 g/mol. The summed E-state index contributed by atoms with van der Waals surface area (Å²) in [6.07, 6.45) is 0. The summed E-state index contributed by atoms with van der Waals surface area (Å²) in [4.78, 5) is 4.03. The molecule has 0 heterocycles. The lowest BCUT2D eigenvalue weighted by molar-refractivity contribution is 0.471. The van der Waals surface area contributed by atoms with Crippen molar-refractivity contribution in [2.45, 2.75) is 13.8 Å². The van der Waals surface area contributed by atoms with Crippen LogP contribution in [0.15, 0.2) is 23.2 Å². The first-order valence-electron chi connectivity index (χ1n) is 3.60. The summed E-state index contributed by atoms with van der Waals surface area (Å²) in [6, 6.07) is 5.10. The normalized spacial score (nSPS) is 11.8. The Labute approximate surface area is 76.5 Å². The summed E-state index contributed by atoms with van der Waals surface area (Å²) >= 11 is 5.59. The number of phenols is 1. The molecule has 2 nitrogen and oxygen atoms in total. The number of phenolic OH excluding ortho intramolecular Hbond substituents is 1. The van der Waals surface area contributed by atoms with Crippen LogP contribution in [0.1, 0.15) is 12.5 Å². The van der Waals surface area contributed by atoms with Crippen LogP contribution in [-0.2, 0) is 0 Å². The number of rotatable bonds is 1. The Morgan fingerprint density at radius 3 is 2.67 bits per heavy atom. The van der Waals surface area contributed by atoms with Crippen molar-refractivity contribution in [3.63, 3.8) is 0 Å². The maximum Gasteiger partial charge on any atom is 0.118 e. The lowest BCUT2D eigenvalue weighted by Crippen LogP contribution is -1.76. The Bertz CT molecular complexity index is 316. The molecule has 1 aromatic rings. The van der Waals surface area contributed by atoms with Gasteiger partial charge in [-0.05, 0) is 37.6 Å². The molecule has 64 valence electrons. The van der Waals surface area contributed by atoms with Gasteiger partial charge in [0.2, 0.25) is 0 Å². The standard InChI is InChI=1S/C9H10ClNO/c1-6-5-8(11-7(2)10)3-4-9(6)12/h3-5,12H,1-2H3. The van der Waals surface area contributed by atoms with Gasteiger partial charge in [-0.15, -0.1) is 0 Å². The van der Waals surface area contributed by atoms with E-state index in [4.69, 9.17) is 11.6 Å². The predicted octanol–water partition coefficient (Wildman–Crippen LogP) is 2.99. The first-order chi connectivity index (χ1) is 5.59. The van der Waals surface area contributed by atoms with Crippen molar-refractivity contribution < 1.29 is 5.11 Å². The number of aromatic hydroxyl groups is 1. The molecule has 0 aliphatic heterocycles. The van der Waals surface area contributed by atoms with Gasteiger partial charge in [-0.2, -0.15) is 0 Å². The Hall–Kier alpha value is -1.02. The first-order valence-corrected chi connectivity index (χ1v) is 3.98. The van der Waals surface area contributed by atoms with Crippen LogP contribution in [0.3, 0.4) is 0 Å². The highest BCUT2D eigenvalue weighted by Crippen LogP contribution is 2.22. The van der Waals surface area contributed by atoms with E-state index in [1.165, 1.54) is 0 Å². The minimum Gasteiger partial charge on any atom is -0.508 e. The van der Waals surface area contributed by atoms with E-state index in [0.717, 1.165) is 11.3 Å². The van der Waals surface area contributed by atoms with Crippen molar-refractivity contribution in [2.75, 3.05) is 0 Å². The van der Waals surface area contributed by atoms with E-state index in [1.54, 1.807) is 25.1 Å². The molecule has 1 aromatic carbocycles. The maximum absolute atomic E-state index is 9.20. The molecule has 12 heavy (non-hydrogen) atoms. The summed E-state index contributed by atoms with van der Waals surface area (Å²) < 4.78 is 0. The molecule has 0 bridgehead atoms. The van der Waals surface area contributed by atoms with Crippen LogP contribution < -0.4 is 0 Å². The molecule has 0 atom stereocenters. The van der Waals surface area contributed by atoms with Crippen molar-refractivity contribution in [1.82, 2.24) is 0 Å². The van der Waals surface area contributed by atoms with Crippen molar-refractivity contribution in [2.24, 2.45) is 4.99 Å². The van der Waals surface area contributed by atoms with E-state index in [9.17, 15) is 5.11 Å². The van der Waals surface area contributed by atoms with Crippen molar-refractivity contribution in [3.05, 3.63) is 23.8 Å². The molecule has 0 unspecified atom stereocenters. The van der Waals surface area contributed by atoms with Gasteiger partial charge in [-0.3, -0.25) is 0 Å². The Balaban J connectivity index is 3.05. The molecule has 0 aliphatic rings. The summed E-state index contributed by atoms with van der Waals surface area (Å²) in [6.45, 7) is 3.53. The van der Waals surface area contributed by atoms with Gasteiger partial charge in [0.05, 0.1) is 5.69 Å². The van der Waals surface area contributed by atoms with Gasteiger partial charge >= 0.3 is 0 Å². The highest BCUT2D eigenvalue weighted by molar-refractivity contribution is 6.65. The van der Waals surface area contributed by atoms with Crippen LogP contribution in [0.4, 0.5) is 5.69 Å². The van der Waals surface area contributed by atoms with Crippen molar-refractivity contribution in [3.8, 4) is 5.75 Å². The lowest BCUT2D eigenvalue weighted by atomic mass is 10.2. The summed E-state index contributed by atoms with van der Waals surface area (Å²) in [5, 5.41) is 9.68. The zero-order valence-corrected chi connectivity index (χ0v) is 7.76. The molecule has 0 radical (unpaired) electrons. The van der Waals surface area contributed by atoms with Crippen molar-refractivity contribution in [1.29, 1.82) is 0 Å². The van der Waals surface area contributed by atoms with Gasteiger partial charge in [-0.25, -0.2) is 4.99 Å². The molecule has 0 saturated carbocycles. The average Bonchev–Trinajstić information content (AvgIpc) is 1.96. The van der Waals surface area contributed by atoms with E-state index in [0.29, 0.717) is 5.17 Å². The topological polar surface area (TPSA) is 32.6 Å². The summed E-state index contributed by atoms with van der Waals surface area (Å²) in [5.41, 5.74) is 1.56. The van der Waals surface area contributed by atoms with Gasteiger partial charge in [0.25, 0.3) is 0 Å². The quantitative estimate of drug-likeness (QED) is 0.667. The number of aliphatic imine (C=N–C) groups is 1. The van der Waals surface area contributed by atoms with E-state index in [2.05, 4.69) is 4.99 Å². The fraction of sp³-hybridized carbons (Fsp3) is 0.222. The first kappa shape index (κ1) is 9.07. The highest BCUT2D eigenvalue weighted by atomic mass is 35.5. The number of hydrogen-bond acceptors (Lipinski definition) is 2. The van der Waals surface area contributed by atoms with Crippen LogP contribution in [-0.4, -0.2) is 10.3 Å². The highest BCUT2D eigenvalue weighted by Gasteiger charge is 1.96. The summed E-state index contributed by atoms with van der Waals surface area (Å²) in [5.74, 6) is 0.279. The van der Waals surface area contributed by atoms with Crippen LogP contribution in [0.2, 0.25) is 0 Å². The van der Waals surface area contributed by atoms with Crippen LogP contribution >= 0.6 is 11.6 Å². The molecule has 1 rings (SSSR count). The SMILES string of the molecule is CC(Cl)=Nc1ccc(O)c(C)c1. The number of hydrogen-bond donors (Lipinski definition) is 1. The Morgan fingerprint density at radius 1 is 1.50 bits per heavy atom. The Kier molecular flexibility index (Phi) is 2.71. The molecular formula is C9H10ClNO. The molecule has 0 fully saturated rings. The lowest BCUT2D eigenvalue weighted by Gasteiger charge is -1.99. The van der Waals surface area contributed by atoms with E-state index < -0.39 is 0 Å². The Morgan fingerprint density at radius 2 is 2.17 bits per heavy atom. The van der Waals surface area contributed by atoms with Gasteiger partial charge in [0.1, 0.15) is 10.9 Å². The molecule has 0 aliphatic carbocycles. The molecule has 1 N–H and O–H groups in total. The van der Waals surface area contributed by atoms with Gasteiger partial charge in [0.15, 0.2) is 0 Å². The number of nitrogens with zero attached hydrogens (tertiary/aromatic N) is 1. The second kappa shape index (κ2) is 3.59. The van der Waals surface area contributed by atoms with Gasteiger partial charge in [-0.1, -0.05) is 11.6 Å². The third-order valence-corrected chi connectivity index (χ3v) is 1.55. The third-order valence-electron chi connectivity index (χ3n) is 1.46. The molecule has 0 saturated heterocycles. The van der Waals surface area contributed by atoms with Gasteiger partial charge in [0, 0.05) is 0 Å². The predicted molar refractivity (Wildman–Crippen MR) is 51.5 cm³/mol. The van der Waals surface area contributed by atoms with E-state index >= 15 is 0 Å². The zero-order chi connectivity index (χ0) is 9.14. The monoisotopic (exact) mass is 183 g/mol. The minimum absolute atomic E-state index is 0.279. The van der Waals surface area contributed by atoms with Crippen LogP contribution in [0.5, 0.6) is 5.75 Å². The third kappa shape index (κ3) is 2.24. The fourth-order valence-corrected chi connectivity index (χ4v) is 0.985. The van der Waals surface area contributed by atoms with Crippen LogP contribution in [0, 0.1) is 6.92 Å². The maximum atomic E-state index is 9.20. The van der Waals surface area contributed by atoms with Crippen molar-refractivity contribution >= 4 is 22.5 Å². The second-order valence-electron chi connectivity index (χ2n) is 2.58.